The molecule has 6 heteroatoms. The molecule has 1 rings (SSSR count). The first kappa shape index (κ1) is 16.3. The Labute approximate surface area is 114 Å². The molecule has 0 aromatic heterocycles. The highest BCUT2D eigenvalue weighted by molar-refractivity contribution is 7.90. The Kier molecular flexibility index (Phi) is 4.92. The lowest BCUT2D eigenvalue weighted by molar-refractivity contribution is -0.137. The van der Waals surface area contributed by atoms with E-state index in [9.17, 15) is 17.7 Å². The van der Waals surface area contributed by atoms with E-state index >= 15 is 0 Å². The summed E-state index contributed by atoms with van der Waals surface area (Å²) in [6.45, 7) is 7.10. The van der Waals surface area contributed by atoms with Gasteiger partial charge in [-0.2, -0.15) is 13.2 Å². The maximum absolute atomic E-state index is 12.6. The summed E-state index contributed by atoms with van der Waals surface area (Å²) < 4.78 is 52.1. The number of rotatable bonds is 3. The van der Waals surface area contributed by atoms with Gasteiger partial charge in [0.25, 0.3) is 0 Å². The number of nitrogens with one attached hydrogen (secondary N) is 1. The molecule has 0 heterocycles. The average molecular weight is 293 g/mol. The molecule has 2 nitrogen and oxygen atoms in total. The number of benzene rings is 1. The van der Waals surface area contributed by atoms with Gasteiger partial charge in [0.05, 0.1) is 11.6 Å². The van der Waals surface area contributed by atoms with Crippen LogP contribution < -0.4 is 4.72 Å². The van der Waals surface area contributed by atoms with Crippen LogP contribution in [0.2, 0.25) is 0 Å². The highest BCUT2D eigenvalue weighted by atomic mass is 32.2. The molecule has 0 fully saturated rings. The van der Waals surface area contributed by atoms with Gasteiger partial charge in [0.2, 0.25) is 0 Å². The van der Waals surface area contributed by atoms with Crippen LogP contribution in [-0.4, -0.2) is 9.30 Å². The van der Waals surface area contributed by atoms with Gasteiger partial charge < -0.3 is 4.55 Å². The summed E-state index contributed by atoms with van der Waals surface area (Å²) in [6.07, 6.45) is -4.36. The molecule has 0 saturated carbocycles. The average Bonchev–Trinajstić information content (AvgIpc) is 2.26. The van der Waals surface area contributed by atoms with Crippen molar-refractivity contribution in [1.29, 1.82) is 0 Å². The smallest absolute Gasteiger partial charge is 0.416 e. The van der Waals surface area contributed by atoms with Crippen LogP contribution in [0.5, 0.6) is 0 Å². The van der Waals surface area contributed by atoms with Crippen LogP contribution in [0.25, 0.3) is 0 Å². The van der Waals surface area contributed by atoms with Gasteiger partial charge in [0.15, 0.2) is 0 Å². The predicted octanol–water partition coefficient (Wildman–Crippen LogP) is 3.82. The van der Waals surface area contributed by atoms with Crippen LogP contribution >= 0.6 is 0 Å². The van der Waals surface area contributed by atoms with E-state index in [4.69, 9.17) is 0 Å². The van der Waals surface area contributed by atoms with Crippen molar-refractivity contribution < 1.29 is 17.7 Å². The zero-order valence-corrected chi connectivity index (χ0v) is 12.2. The first-order chi connectivity index (χ1) is 8.51. The molecule has 0 aliphatic rings. The summed E-state index contributed by atoms with van der Waals surface area (Å²) in [6, 6.07) is 4.64. The lowest BCUT2D eigenvalue weighted by Crippen LogP contribution is -2.40. The molecule has 0 amide bonds. The second-order valence-electron chi connectivity index (χ2n) is 5.34. The molecule has 0 bridgehead atoms. The van der Waals surface area contributed by atoms with Gasteiger partial charge in [-0.1, -0.05) is 12.1 Å². The van der Waals surface area contributed by atoms with Crippen LogP contribution in [0.15, 0.2) is 24.3 Å². The molecule has 19 heavy (non-hydrogen) atoms. The molecular formula is C13H18F3NOS. The number of alkyl halides is 3. The van der Waals surface area contributed by atoms with Crippen molar-refractivity contribution in [1.82, 2.24) is 4.72 Å². The van der Waals surface area contributed by atoms with Crippen LogP contribution in [0.3, 0.4) is 0 Å². The van der Waals surface area contributed by atoms with Crippen LogP contribution in [-0.2, 0) is 17.5 Å². The van der Waals surface area contributed by atoms with E-state index in [1.807, 2.05) is 0 Å². The zero-order valence-electron chi connectivity index (χ0n) is 11.3. The largest absolute Gasteiger partial charge is 0.598 e. The van der Waals surface area contributed by atoms with Crippen LogP contribution in [0.4, 0.5) is 13.2 Å². The summed E-state index contributed by atoms with van der Waals surface area (Å²) >= 11 is -1.33. The van der Waals surface area contributed by atoms with Crippen molar-refractivity contribution in [2.45, 2.75) is 44.7 Å². The quantitative estimate of drug-likeness (QED) is 0.860. The Bertz CT molecular complexity index is 429. The van der Waals surface area contributed by atoms with E-state index in [0.29, 0.717) is 5.56 Å². The van der Waals surface area contributed by atoms with E-state index in [0.717, 1.165) is 12.1 Å². The Morgan fingerprint density at radius 2 is 1.79 bits per heavy atom. The fourth-order valence-corrected chi connectivity index (χ4v) is 2.20. The Morgan fingerprint density at radius 1 is 1.21 bits per heavy atom. The van der Waals surface area contributed by atoms with Crippen LogP contribution in [0, 0.1) is 0 Å². The molecule has 1 aromatic rings. The lowest BCUT2D eigenvalue weighted by Gasteiger charge is -2.26. The summed E-state index contributed by atoms with van der Waals surface area (Å²) in [5, 5.41) is 0. The normalized spacial score (nSPS) is 16.2. The number of hydrogen-bond donors (Lipinski definition) is 1. The third-order valence-electron chi connectivity index (χ3n) is 2.55. The second-order valence-corrected chi connectivity index (χ2v) is 7.34. The van der Waals surface area contributed by atoms with Gasteiger partial charge in [-0.15, -0.1) is 4.72 Å². The molecule has 0 aliphatic heterocycles. The van der Waals surface area contributed by atoms with E-state index < -0.39 is 33.9 Å². The highest BCUT2D eigenvalue weighted by Crippen LogP contribution is 2.31. The summed E-state index contributed by atoms with van der Waals surface area (Å²) in [5.41, 5.74) is -0.229. The highest BCUT2D eigenvalue weighted by Gasteiger charge is 2.32. The van der Waals surface area contributed by atoms with Gasteiger partial charge in [-0.05, 0) is 45.4 Å². The fourth-order valence-electron chi connectivity index (χ4n) is 1.39. The molecule has 108 valence electrons. The molecular weight excluding hydrogens is 275 g/mol. The molecule has 1 aromatic carbocycles. The van der Waals surface area contributed by atoms with E-state index in [-0.39, 0.29) is 0 Å². The zero-order chi connectivity index (χ0) is 14.8. The van der Waals surface area contributed by atoms with Crippen molar-refractivity contribution in [3.8, 4) is 0 Å². The Hall–Kier alpha value is -0.720. The Balaban J connectivity index is 2.86. The van der Waals surface area contributed by atoms with Crippen molar-refractivity contribution in [3.63, 3.8) is 0 Å². The van der Waals surface area contributed by atoms with Gasteiger partial charge in [0, 0.05) is 11.4 Å². The second kappa shape index (κ2) is 5.73. The minimum Gasteiger partial charge on any atom is -0.598 e. The van der Waals surface area contributed by atoms with Crippen molar-refractivity contribution in [3.05, 3.63) is 35.4 Å². The first-order valence-electron chi connectivity index (χ1n) is 5.87. The summed E-state index contributed by atoms with van der Waals surface area (Å²) in [5.74, 6) is 0. The first-order valence-corrected chi connectivity index (χ1v) is 7.02. The molecule has 2 atom stereocenters. The topological polar surface area (TPSA) is 35.1 Å². The van der Waals surface area contributed by atoms with E-state index in [1.165, 1.54) is 6.07 Å². The van der Waals surface area contributed by atoms with Crippen molar-refractivity contribution >= 4 is 11.4 Å². The van der Waals surface area contributed by atoms with Crippen molar-refractivity contribution in [2.24, 2.45) is 0 Å². The maximum atomic E-state index is 12.6. The molecule has 1 unspecified atom stereocenters. The van der Waals surface area contributed by atoms with E-state index in [1.54, 1.807) is 33.8 Å². The lowest BCUT2D eigenvalue weighted by atomic mass is 10.1. The number of hydrogen-bond acceptors (Lipinski definition) is 2. The third-order valence-corrected chi connectivity index (χ3v) is 4.23. The standard InChI is InChI=1S/C13H18F3NOS/c1-9(17-19(18)12(2,3)4)10-6-5-7-11(8-10)13(14,15)16/h5-9,17H,1-4H3/t9?,19-/m1/s1. The fraction of sp³-hybridized carbons (Fsp3) is 0.538. The SMILES string of the molecule is CC(N[S@+]([O-])C(C)(C)C)c1cccc(C(F)(F)F)c1. The predicted molar refractivity (Wildman–Crippen MR) is 70.9 cm³/mol. The van der Waals surface area contributed by atoms with Crippen molar-refractivity contribution in [2.75, 3.05) is 0 Å². The Morgan fingerprint density at radius 3 is 2.26 bits per heavy atom. The maximum Gasteiger partial charge on any atom is 0.416 e. The monoisotopic (exact) mass is 293 g/mol. The molecule has 0 radical (unpaired) electrons. The number of halogens is 3. The molecule has 0 saturated heterocycles. The summed E-state index contributed by atoms with van der Waals surface area (Å²) in [4.78, 5) is 0. The van der Waals surface area contributed by atoms with Gasteiger partial charge in [-0.3, -0.25) is 0 Å². The van der Waals surface area contributed by atoms with Gasteiger partial charge in [-0.25, -0.2) is 0 Å². The summed E-state index contributed by atoms with van der Waals surface area (Å²) in [7, 11) is 0. The van der Waals surface area contributed by atoms with E-state index in [2.05, 4.69) is 4.72 Å². The third kappa shape index (κ3) is 4.71. The van der Waals surface area contributed by atoms with Gasteiger partial charge in [0.1, 0.15) is 4.75 Å². The molecule has 0 aliphatic carbocycles. The minimum atomic E-state index is -4.36. The van der Waals surface area contributed by atoms with Gasteiger partial charge >= 0.3 is 6.18 Å². The molecule has 0 spiro atoms. The minimum absolute atomic E-state index is 0.414. The van der Waals surface area contributed by atoms with Crippen LogP contribution in [0.1, 0.15) is 44.9 Å². The molecule has 1 N–H and O–H groups in total.